The maximum Gasteiger partial charge on any atom is 0.164 e. The number of carbonyl (C=O) groups excluding carboxylic acids is 1. The van der Waals surface area contributed by atoms with E-state index in [9.17, 15) is 4.79 Å². The average molecular weight is 280 g/mol. The maximum absolute atomic E-state index is 12.1. The molecule has 0 aromatic heterocycles. The molecule has 0 bridgehead atoms. The van der Waals surface area contributed by atoms with Crippen LogP contribution in [0.25, 0.3) is 0 Å². The van der Waals surface area contributed by atoms with Crippen molar-refractivity contribution in [2.75, 3.05) is 19.6 Å². The van der Waals surface area contributed by atoms with Crippen LogP contribution in [0.3, 0.4) is 0 Å². The lowest BCUT2D eigenvalue weighted by atomic mass is 10.1. The molecule has 1 aromatic carbocycles. The SMILES string of the molecule is O=C(CCN1CCCCCCC1)c1ccc(Cl)cc1. The number of Topliss-reactive ketones (excluding diaryl/α,β-unsaturated/α-hetero) is 1. The normalized spacial score (nSPS) is 17.7. The van der Waals surface area contributed by atoms with Gasteiger partial charge in [0, 0.05) is 23.6 Å². The van der Waals surface area contributed by atoms with E-state index in [0.29, 0.717) is 11.4 Å². The van der Waals surface area contributed by atoms with E-state index < -0.39 is 0 Å². The number of ketones is 1. The molecule has 1 aromatic rings. The van der Waals surface area contributed by atoms with Gasteiger partial charge in [-0.15, -0.1) is 0 Å². The first-order chi connectivity index (χ1) is 9.25. The summed E-state index contributed by atoms with van der Waals surface area (Å²) in [4.78, 5) is 14.5. The van der Waals surface area contributed by atoms with Crippen molar-refractivity contribution in [1.82, 2.24) is 4.90 Å². The molecular weight excluding hydrogens is 258 g/mol. The van der Waals surface area contributed by atoms with Crippen LogP contribution in [0.1, 0.15) is 48.9 Å². The lowest BCUT2D eigenvalue weighted by molar-refractivity contribution is 0.0962. The molecular formula is C16H22ClNO. The first kappa shape index (κ1) is 14.5. The molecule has 0 aliphatic carbocycles. The summed E-state index contributed by atoms with van der Waals surface area (Å²) in [6, 6.07) is 7.20. The fourth-order valence-electron chi connectivity index (χ4n) is 2.58. The molecule has 0 N–H and O–H groups in total. The monoisotopic (exact) mass is 279 g/mol. The fraction of sp³-hybridized carbons (Fsp3) is 0.562. The largest absolute Gasteiger partial charge is 0.303 e. The Bertz CT molecular complexity index is 394. The summed E-state index contributed by atoms with van der Waals surface area (Å²) in [5.74, 6) is 0.221. The van der Waals surface area contributed by atoms with Gasteiger partial charge in [-0.25, -0.2) is 0 Å². The van der Waals surface area contributed by atoms with Crippen LogP contribution in [0.2, 0.25) is 5.02 Å². The molecule has 2 nitrogen and oxygen atoms in total. The summed E-state index contributed by atoms with van der Waals surface area (Å²) in [5, 5.41) is 0.681. The van der Waals surface area contributed by atoms with Crippen molar-refractivity contribution in [3.63, 3.8) is 0 Å². The molecule has 1 aliphatic heterocycles. The highest BCUT2D eigenvalue weighted by atomic mass is 35.5. The number of benzene rings is 1. The summed E-state index contributed by atoms with van der Waals surface area (Å²) >= 11 is 5.83. The number of nitrogens with zero attached hydrogens (tertiary/aromatic N) is 1. The van der Waals surface area contributed by atoms with Crippen molar-refractivity contribution in [3.05, 3.63) is 34.9 Å². The Hall–Kier alpha value is -0.860. The minimum absolute atomic E-state index is 0.221. The number of hydrogen-bond acceptors (Lipinski definition) is 2. The van der Waals surface area contributed by atoms with Gasteiger partial charge in [-0.3, -0.25) is 4.79 Å². The Balaban J connectivity index is 1.80. The zero-order chi connectivity index (χ0) is 13.5. The molecule has 1 aliphatic rings. The Kier molecular flexibility index (Phi) is 5.87. The minimum atomic E-state index is 0.221. The number of likely N-dealkylation sites (tertiary alicyclic amines) is 1. The molecule has 0 atom stereocenters. The van der Waals surface area contributed by atoms with Gasteiger partial charge in [0.25, 0.3) is 0 Å². The third kappa shape index (κ3) is 4.96. The van der Waals surface area contributed by atoms with Gasteiger partial charge in [-0.05, 0) is 50.2 Å². The molecule has 0 spiro atoms. The lowest BCUT2D eigenvalue weighted by Crippen LogP contribution is -2.29. The molecule has 0 amide bonds. The zero-order valence-electron chi connectivity index (χ0n) is 11.4. The van der Waals surface area contributed by atoms with Crippen LogP contribution in [-0.2, 0) is 0 Å². The van der Waals surface area contributed by atoms with E-state index in [1.807, 2.05) is 12.1 Å². The first-order valence-electron chi connectivity index (χ1n) is 7.27. The van der Waals surface area contributed by atoms with Crippen LogP contribution < -0.4 is 0 Å². The number of halogens is 1. The zero-order valence-corrected chi connectivity index (χ0v) is 12.2. The van der Waals surface area contributed by atoms with Crippen LogP contribution in [0.4, 0.5) is 0 Å². The molecule has 0 saturated carbocycles. The van der Waals surface area contributed by atoms with Gasteiger partial charge in [-0.1, -0.05) is 30.9 Å². The van der Waals surface area contributed by atoms with Crippen molar-refractivity contribution < 1.29 is 4.79 Å². The molecule has 0 radical (unpaired) electrons. The van der Waals surface area contributed by atoms with E-state index >= 15 is 0 Å². The van der Waals surface area contributed by atoms with E-state index in [0.717, 1.165) is 25.2 Å². The van der Waals surface area contributed by atoms with E-state index in [2.05, 4.69) is 4.90 Å². The Morgan fingerprint density at radius 2 is 1.58 bits per heavy atom. The van der Waals surface area contributed by atoms with E-state index in [4.69, 9.17) is 11.6 Å². The van der Waals surface area contributed by atoms with Crippen molar-refractivity contribution in [2.45, 2.75) is 38.5 Å². The fourth-order valence-corrected chi connectivity index (χ4v) is 2.70. The predicted molar refractivity (Wildman–Crippen MR) is 79.9 cm³/mol. The van der Waals surface area contributed by atoms with Crippen LogP contribution in [-0.4, -0.2) is 30.3 Å². The average Bonchev–Trinajstić information content (AvgIpc) is 2.38. The van der Waals surface area contributed by atoms with Gasteiger partial charge in [0.05, 0.1) is 0 Å². The molecule has 1 heterocycles. The third-order valence-corrected chi connectivity index (χ3v) is 4.02. The van der Waals surface area contributed by atoms with Gasteiger partial charge in [0.2, 0.25) is 0 Å². The molecule has 1 saturated heterocycles. The highest BCUT2D eigenvalue weighted by Crippen LogP contribution is 2.13. The predicted octanol–water partition coefficient (Wildman–Crippen LogP) is 4.18. The standard InChI is InChI=1S/C16H22ClNO/c17-15-8-6-14(7-9-15)16(19)10-13-18-11-4-2-1-3-5-12-18/h6-9H,1-5,10-13H2. The Labute approximate surface area is 120 Å². The minimum Gasteiger partial charge on any atom is -0.303 e. The quantitative estimate of drug-likeness (QED) is 0.771. The van der Waals surface area contributed by atoms with Gasteiger partial charge in [-0.2, -0.15) is 0 Å². The van der Waals surface area contributed by atoms with Crippen molar-refractivity contribution in [2.24, 2.45) is 0 Å². The van der Waals surface area contributed by atoms with Crippen molar-refractivity contribution in [3.8, 4) is 0 Å². The van der Waals surface area contributed by atoms with Gasteiger partial charge in [0.15, 0.2) is 5.78 Å². The third-order valence-electron chi connectivity index (χ3n) is 3.77. The van der Waals surface area contributed by atoms with Gasteiger partial charge < -0.3 is 4.90 Å². The van der Waals surface area contributed by atoms with E-state index in [1.54, 1.807) is 12.1 Å². The first-order valence-corrected chi connectivity index (χ1v) is 7.64. The van der Waals surface area contributed by atoms with Crippen LogP contribution in [0, 0.1) is 0 Å². The summed E-state index contributed by atoms with van der Waals surface area (Å²) in [6.45, 7) is 3.18. The van der Waals surface area contributed by atoms with Gasteiger partial charge in [0.1, 0.15) is 0 Å². The summed E-state index contributed by atoms with van der Waals surface area (Å²) in [7, 11) is 0. The molecule has 19 heavy (non-hydrogen) atoms. The summed E-state index contributed by atoms with van der Waals surface area (Å²) < 4.78 is 0. The number of rotatable bonds is 4. The second kappa shape index (κ2) is 7.66. The smallest absolute Gasteiger partial charge is 0.164 e. The highest BCUT2D eigenvalue weighted by molar-refractivity contribution is 6.30. The van der Waals surface area contributed by atoms with Gasteiger partial charge >= 0.3 is 0 Å². The Morgan fingerprint density at radius 1 is 1.00 bits per heavy atom. The highest BCUT2D eigenvalue weighted by Gasteiger charge is 2.11. The van der Waals surface area contributed by atoms with Crippen LogP contribution in [0.15, 0.2) is 24.3 Å². The summed E-state index contributed by atoms with van der Waals surface area (Å²) in [6.07, 6.45) is 7.20. The lowest BCUT2D eigenvalue weighted by Gasteiger charge is -2.24. The second-order valence-corrected chi connectivity index (χ2v) is 5.73. The topological polar surface area (TPSA) is 20.3 Å². The van der Waals surface area contributed by atoms with Crippen molar-refractivity contribution >= 4 is 17.4 Å². The second-order valence-electron chi connectivity index (χ2n) is 5.29. The van der Waals surface area contributed by atoms with Crippen molar-refractivity contribution in [1.29, 1.82) is 0 Å². The molecule has 0 unspecified atom stereocenters. The molecule has 3 heteroatoms. The summed E-state index contributed by atoms with van der Waals surface area (Å²) in [5.41, 5.74) is 0.774. The molecule has 1 fully saturated rings. The number of hydrogen-bond donors (Lipinski definition) is 0. The molecule has 2 rings (SSSR count). The van der Waals surface area contributed by atoms with Crippen LogP contribution >= 0.6 is 11.6 Å². The Morgan fingerprint density at radius 3 is 2.21 bits per heavy atom. The van der Waals surface area contributed by atoms with E-state index in [-0.39, 0.29) is 5.78 Å². The van der Waals surface area contributed by atoms with Crippen LogP contribution in [0.5, 0.6) is 0 Å². The van der Waals surface area contributed by atoms with E-state index in [1.165, 1.54) is 32.1 Å². The number of carbonyl (C=O) groups is 1. The molecule has 104 valence electrons. The maximum atomic E-state index is 12.1.